The third kappa shape index (κ3) is 3.81. The van der Waals surface area contributed by atoms with E-state index in [4.69, 9.17) is 5.26 Å². The van der Waals surface area contributed by atoms with Crippen molar-refractivity contribution in [3.63, 3.8) is 0 Å². The lowest BCUT2D eigenvalue weighted by Crippen LogP contribution is -2.35. The van der Waals surface area contributed by atoms with E-state index < -0.39 is 17.2 Å². The van der Waals surface area contributed by atoms with Crippen LogP contribution in [0.25, 0.3) is 10.9 Å². The Bertz CT molecular complexity index is 1220. The first-order valence-electron chi connectivity index (χ1n) is 8.77. The summed E-state index contributed by atoms with van der Waals surface area (Å²) in [6.45, 7) is -0.0946. The number of nitriles is 1. The van der Waals surface area contributed by atoms with Gasteiger partial charge in [-0.15, -0.1) is 0 Å². The molecule has 29 heavy (non-hydrogen) atoms. The lowest BCUT2D eigenvalue weighted by Gasteiger charge is -2.29. The summed E-state index contributed by atoms with van der Waals surface area (Å²) in [4.78, 5) is 8.37. The van der Waals surface area contributed by atoms with Gasteiger partial charge < -0.3 is 5.11 Å². The molecule has 2 heterocycles. The normalized spacial score (nSPS) is 13.2. The van der Waals surface area contributed by atoms with Gasteiger partial charge in [0.25, 0.3) is 0 Å². The third-order valence-corrected chi connectivity index (χ3v) is 4.67. The Morgan fingerprint density at radius 3 is 2.69 bits per heavy atom. The first-order valence-corrected chi connectivity index (χ1v) is 8.77. The third-order valence-electron chi connectivity index (χ3n) is 4.67. The Morgan fingerprint density at radius 2 is 1.97 bits per heavy atom. The number of benzene rings is 2. The van der Waals surface area contributed by atoms with Gasteiger partial charge in [0.2, 0.25) is 0 Å². The molecule has 4 rings (SSSR count). The molecule has 0 saturated heterocycles. The summed E-state index contributed by atoms with van der Waals surface area (Å²) in [5.74, 6) is -1.58. The lowest BCUT2D eigenvalue weighted by atomic mass is 9.88. The molecule has 0 fully saturated rings. The predicted molar refractivity (Wildman–Crippen MR) is 100 cm³/mol. The van der Waals surface area contributed by atoms with E-state index in [-0.39, 0.29) is 18.5 Å². The first kappa shape index (κ1) is 18.7. The van der Waals surface area contributed by atoms with Gasteiger partial charge in [0, 0.05) is 29.1 Å². The zero-order valence-corrected chi connectivity index (χ0v) is 15.1. The van der Waals surface area contributed by atoms with Gasteiger partial charge in [0.1, 0.15) is 29.9 Å². The second-order valence-corrected chi connectivity index (χ2v) is 6.75. The molecule has 0 amide bonds. The van der Waals surface area contributed by atoms with Crippen LogP contribution >= 0.6 is 0 Å². The van der Waals surface area contributed by atoms with E-state index in [0.717, 1.165) is 17.5 Å². The Labute approximate surface area is 164 Å². The van der Waals surface area contributed by atoms with E-state index in [1.54, 1.807) is 30.3 Å². The van der Waals surface area contributed by atoms with Crippen molar-refractivity contribution in [1.29, 1.82) is 5.26 Å². The Hall–Kier alpha value is -3.70. The molecule has 0 aliphatic heterocycles. The minimum absolute atomic E-state index is 0.0364. The molecule has 2 aromatic carbocycles. The smallest absolute Gasteiger partial charge is 0.137 e. The highest BCUT2D eigenvalue weighted by Crippen LogP contribution is 2.30. The topological polar surface area (TPSA) is 87.6 Å². The molecule has 2 aromatic heterocycles. The Balaban J connectivity index is 1.75. The molecule has 4 aromatic rings. The van der Waals surface area contributed by atoms with E-state index in [1.807, 2.05) is 0 Å². The van der Waals surface area contributed by atoms with Gasteiger partial charge in [-0.05, 0) is 30.3 Å². The van der Waals surface area contributed by atoms with Crippen LogP contribution < -0.4 is 0 Å². The fourth-order valence-electron chi connectivity index (χ4n) is 3.32. The fourth-order valence-corrected chi connectivity index (χ4v) is 3.32. The Morgan fingerprint density at radius 1 is 1.10 bits per heavy atom. The van der Waals surface area contributed by atoms with E-state index in [2.05, 4.69) is 21.1 Å². The molecule has 144 valence electrons. The predicted octanol–water partition coefficient (Wildman–Crippen LogP) is 3.11. The molecular formula is C21H15F2N5O. The molecular weight excluding hydrogens is 376 g/mol. The van der Waals surface area contributed by atoms with Crippen LogP contribution in [0.3, 0.4) is 0 Å². The highest BCUT2D eigenvalue weighted by atomic mass is 19.1. The zero-order valence-electron chi connectivity index (χ0n) is 15.1. The van der Waals surface area contributed by atoms with Gasteiger partial charge in [0.05, 0.1) is 23.7 Å². The molecule has 1 unspecified atom stereocenters. The maximum absolute atomic E-state index is 14.5. The summed E-state index contributed by atoms with van der Waals surface area (Å²) in [5, 5.41) is 25.2. The molecule has 0 bridgehead atoms. The van der Waals surface area contributed by atoms with E-state index in [1.165, 1.54) is 23.4 Å². The summed E-state index contributed by atoms with van der Waals surface area (Å²) >= 11 is 0. The van der Waals surface area contributed by atoms with Crippen LogP contribution in [0, 0.1) is 23.0 Å². The van der Waals surface area contributed by atoms with Crippen molar-refractivity contribution in [2.45, 2.75) is 18.6 Å². The van der Waals surface area contributed by atoms with E-state index in [9.17, 15) is 13.9 Å². The summed E-state index contributed by atoms with van der Waals surface area (Å²) in [7, 11) is 0. The largest absolute Gasteiger partial charge is 0.383 e. The maximum Gasteiger partial charge on any atom is 0.137 e. The summed E-state index contributed by atoms with van der Waals surface area (Å²) in [6.07, 6.45) is 2.68. The van der Waals surface area contributed by atoms with Gasteiger partial charge >= 0.3 is 0 Å². The molecule has 6 nitrogen and oxygen atoms in total. The van der Waals surface area contributed by atoms with Crippen molar-refractivity contribution < 1.29 is 13.9 Å². The maximum atomic E-state index is 14.5. The number of fused-ring (bicyclic) bond motifs is 1. The quantitative estimate of drug-likeness (QED) is 0.565. The van der Waals surface area contributed by atoms with Crippen LogP contribution in [0.2, 0.25) is 0 Å². The molecule has 0 spiro atoms. The van der Waals surface area contributed by atoms with Crippen LogP contribution in [0.1, 0.15) is 16.8 Å². The highest BCUT2D eigenvalue weighted by molar-refractivity contribution is 5.80. The van der Waals surface area contributed by atoms with Crippen LogP contribution in [-0.2, 0) is 18.6 Å². The summed E-state index contributed by atoms with van der Waals surface area (Å²) < 4.78 is 29.3. The lowest BCUT2D eigenvalue weighted by molar-refractivity contribution is 0.0108. The van der Waals surface area contributed by atoms with Gasteiger partial charge in [-0.3, -0.25) is 4.98 Å². The number of rotatable bonds is 5. The molecule has 0 aliphatic carbocycles. The van der Waals surface area contributed by atoms with Crippen molar-refractivity contribution in [2.24, 2.45) is 0 Å². The molecule has 1 N–H and O–H groups in total. The van der Waals surface area contributed by atoms with Crippen molar-refractivity contribution in [1.82, 2.24) is 19.7 Å². The van der Waals surface area contributed by atoms with E-state index in [0.29, 0.717) is 16.8 Å². The first-order chi connectivity index (χ1) is 14.0. The highest BCUT2D eigenvalue weighted by Gasteiger charge is 2.34. The minimum atomic E-state index is -1.74. The molecule has 0 radical (unpaired) electrons. The SMILES string of the molecule is N#Cc1ccc2nc(CC(O)(Cn3cncn3)c3ccc(F)cc3F)ccc2c1. The average molecular weight is 391 g/mol. The molecule has 0 saturated carbocycles. The van der Waals surface area contributed by atoms with Crippen molar-refractivity contribution in [2.75, 3.05) is 0 Å². The van der Waals surface area contributed by atoms with Gasteiger partial charge in [-0.2, -0.15) is 10.4 Å². The number of nitrogens with zero attached hydrogens (tertiary/aromatic N) is 5. The number of halogens is 2. The standard InChI is InChI=1S/C21H15F2N5O/c22-16-3-5-18(19(23)8-16)21(29,11-28-13-25-12-26-28)9-17-4-2-15-7-14(10-24)1-6-20(15)27-17/h1-8,12-13,29H,9,11H2. The molecule has 8 heteroatoms. The van der Waals surface area contributed by atoms with Gasteiger partial charge in [-0.1, -0.05) is 12.1 Å². The fraction of sp³-hybridized carbons (Fsp3) is 0.143. The van der Waals surface area contributed by atoms with Crippen molar-refractivity contribution in [3.8, 4) is 6.07 Å². The Kier molecular flexibility index (Phi) is 4.74. The van der Waals surface area contributed by atoms with Gasteiger partial charge in [0.15, 0.2) is 0 Å². The second-order valence-electron chi connectivity index (χ2n) is 6.75. The van der Waals surface area contributed by atoms with Crippen molar-refractivity contribution in [3.05, 3.63) is 89.6 Å². The summed E-state index contributed by atoms with van der Waals surface area (Å²) in [6, 6.07) is 13.7. The van der Waals surface area contributed by atoms with Crippen molar-refractivity contribution >= 4 is 10.9 Å². The van der Waals surface area contributed by atoms with Crippen LogP contribution in [0.5, 0.6) is 0 Å². The number of pyridine rings is 1. The summed E-state index contributed by atoms with van der Waals surface area (Å²) in [5.41, 5.74) is -0.129. The van der Waals surface area contributed by atoms with E-state index >= 15 is 0 Å². The number of aliphatic hydroxyl groups is 1. The van der Waals surface area contributed by atoms with Crippen LogP contribution in [-0.4, -0.2) is 24.9 Å². The molecule has 0 aliphatic rings. The monoisotopic (exact) mass is 391 g/mol. The average Bonchev–Trinajstić information content (AvgIpc) is 3.20. The zero-order chi connectivity index (χ0) is 20.4. The number of hydrogen-bond donors (Lipinski definition) is 1. The molecule has 1 atom stereocenters. The number of aromatic nitrogens is 4. The van der Waals surface area contributed by atoms with Gasteiger partial charge in [-0.25, -0.2) is 18.4 Å². The van der Waals surface area contributed by atoms with Crippen LogP contribution in [0.4, 0.5) is 8.78 Å². The minimum Gasteiger partial charge on any atom is -0.383 e. The number of hydrogen-bond acceptors (Lipinski definition) is 5. The van der Waals surface area contributed by atoms with Crippen LogP contribution in [0.15, 0.2) is 61.2 Å². The second kappa shape index (κ2) is 7.37.